The number of halogens is 1. The molecule has 0 fully saturated rings. The maximum atomic E-state index is 13.3. The minimum absolute atomic E-state index is 0.0813. The third kappa shape index (κ3) is 14.1. The second kappa shape index (κ2) is 21.3. The van der Waals surface area contributed by atoms with Gasteiger partial charge in [0, 0.05) is 43.0 Å². The van der Waals surface area contributed by atoms with E-state index in [4.69, 9.17) is 25.7 Å². The van der Waals surface area contributed by atoms with Crippen LogP contribution in [0, 0.1) is 21.6 Å². The summed E-state index contributed by atoms with van der Waals surface area (Å²) in [5, 5.41) is 36.4. The molecule has 1 aliphatic carbocycles. The number of benzene rings is 1. The van der Waals surface area contributed by atoms with Crippen LogP contribution in [-0.4, -0.2) is 54.0 Å². The Morgan fingerprint density at radius 3 is 2.49 bits per heavy atom. The van der Waals surface area contributed by atoms with Crippen molar-refractivity contribution < 1.29 is 13.9 Å². The van der Waals surface area contributed by atoms with E-state index >= 15 is 0 Å². The number of pyridine rings is 1. The molecule has 11 heteroatoms. The van der Waals surface area contributed by atoms with Crippen LogP contribution >= 0.6 is 0 Å². The lowest BCUT2D eigenvalue weighted by Gasteiger charge is -2.32. The molecule has 1 aromatic heterocycles. The molecule has 1 heterocycles. The molecule has 10 nitrogen and oxygen atoms in total. The molecule has 3 rings (SSSR count). The number of nitrogens with zero attached hydrogens (tertiary/aromatic N) is 2. The minimum atomic E-state index is -0.549. The minimum Gasteiger partial charge on any atom is -0.494 e. The molecule has 53 heavy (non-hydrogen) atoms. The highest BCUT2D eigenvalue weighted by molar-refractivity contribution is 5.96. The first kappa shape index (κ1) is 42.9. The monoisotopic (exact) mass is 731 g/mol. The highest BCUT2D eigenvalue weighted by Crippen LogP contribution is 2.38. The lowest BCUT2D eigenvalue weighted by molar-refractivity contribution is 0.0242. The fourth-order valence-corrected chi connectivity index (χ4v) is 6.00. The second-order valence-electron chi connectivity index (χ2n) is 14.7. The predicted molar refractivity (Wildman–Crippen MR) is 214 cm³/mol. The van der Waals surface area contributed by atoms with Gasteiger partial charge in [0.25, 0.3) is 0 Å². The fourth-order valence-electron chi connectivity index (χ4n) is 6.00. The van der Waals surface area contributed by atoms with Gasteiger partial charge in [0.1, 0.15) is 22.9 Å². The third-order valence-electron chi connectivity index (χ3n) is 9.09. The lowest BCUT2D eigenvalue weighted by atomic mass is 9.85. The normalized spacial score (nSPS) is 16.9. The molecule has 0 radical (unpaired) electrons. The molecule has 1 aromatic carbocycles. The molecule has 3 atom stereocenters. The zero-order valence-corrected chi connectivity index (χ0v) is 32.9. The maximum absolute atomic E-state index is 13.3. The Kier molecular flexibility index (Phi) is 17.2. The van der Waals surface area contributed by atoms with Crippen LogP contribution in [0.5, 0.6) is 0 Å². The molecule has 0 bridgehead atoms. The van der Waals surface area contributed by atoms with Gasteiger partial charge in [0.05, 0.1) is 26.0 Å². The first-order valence-electron chi connectivity index (χ1n) is 18.9. The highest BCUT2D eigenvalue weighted by atomic mass is 19.1. The van der Waals surface area contributed by atoms with Gasteiger partial charge in [0.2, 0.25) is 5.96 Å². The summed E-state index contributed by atoms with van der Waals surface area (Å²) in [6, 6.07) is 11.9. The number of allylic oxidation sites excluding steroid dienone is 4. The molecule has 0 spiro atoms. The molecule has 2 aromatic rings. The van der Waals surface area contributed by atoms with Crippen LogP contribution in [0.25, 0.3) is 0 Å². The average Bonchev–Trinajstić information content (AvgIpc) is 3.11. The molecule has 1 aliphatic rings. The Morgan fingerprint density at radius 2 is 1.81 bits per heavy atom. The summed E-state index contributed by atoms with van der Waals surface area (Å²) in [5.41, 5.74) is 3.66. The standard InChI is InChI=1S/C42H63FN8O2/c1-9-11-12-15-24-50(8)41(46)51-27-32(19-23-39(51)45)28-53-37-22-21-36(34-16-13-14-17-35(34)37)47-29-48-40(26-38(44)42(5,6)7)49-31(4)25-33(52-10-2)20-18-30(3)43/h13-14,16-20,23,25-27,31,36-37,44-49H,3,9-12,15,21-22,24,28-29H2,1-2,4-8H3/b20-18-,33-25+,40-26-,44-38?,45-39?,46-41?/t31?,36-,37+/m0/s1. The predicted octanol–water partition coefficient (Wildman–Crippen LogP) is 8.34. The first-order valence-corrected chi connectivity index (χ1v) is 18.9. The molecule has 0 saturated heterocycles. The summed E-state index contributed by atoms with van der Waals surface area (Å²) in [6.07, 6.45) is 14.5. The SMILES string of the molecule is C=C(F)/C=C\C(=C/C(C)N/C(=C\C(=N)C(C)(C)C)NCN[C@H]1CC[C@@H](OCc2ccc(=N)n(C(=N)N(C)CCCCCC)c2)c2ccccc21)OCC. The van der Waals surface area contributed by atoms with Crippen molar-refractivity contribution in [3.05, 3.63) is 113 Å². The van der Waals surface area contributed by atoms with Crippen molar-refractivity contribution in [1.29, 1.82) is 16.2 Å². The number of hydrogen-bond donors (Lipinski definition) is 6. The van der Waals surface area contributed by atoms with E-state index in [1.165, 1.54) is 24.5 Å². The van der Waals surface area contributed by atoms with Crippen LogP contribution in [0.1, 0.15) is 109 Å². The van der Waals surface area contributed by atoms with Crippen LogP contribution in [0.15, 0.2) is 90.9 Å². The topological polar surface area (TPSA) is 134 Å². The number of fused-ring (bicyclic) bond motifs is 1. The number of ether oxygens (including phenoxy) is 2. The van der Waals surface area contributed by atoms with Crippen molar-refractivity contribution >= 4 is 11.7 Å². The van der Waals surface area contributed by atoms with Gasteiger partial charge in [-0.1, -0.05) is 83.9 Å². The van der Waals surface area contributed by atoms with Crippen molar-refractivity contribution in [3.63, 3.8) is 0 Å². The Hall–Kier alpha value is -4.48. The van der Waals surface area contributed by atoms with Gasteiger partial charge in [0.15, 0.2) is 0 Å². The van der Waals surface area contributed by atoms with Crippen molar-refractivity contribution in [2.75, 3.05) is 26.9 Å². The maximum Gasteiger partial charge on any atom is 0.203 e. The third-order valence-corrected chi connectivity index (χ3v) is 9.09. The zero-order chi connectivity index (χ0) is 39.0. The second-order valence-corrected chi connectivity index (χ2v) is 14.7. The van der Waals surface area contributed by atoms with Gasteiger partial charge in [-0.05, 0) is 80.2 Å². The van der Waals surface area contributed by atoms with Crippen LogP contribution in [0.3, 0.4) is 0 Å². The molecular weight excluding hydrogens is 668 g/mol. The van der Waals surface area contributed by atoms with E-state index in [2.05, 4.69) is 47.7 Å². The summed E-state index contributed by atoms with van der Waals surface area (Å²) in [4.78, 5) is 1.91. The van der Waals surface area contributed by atoms with Crippen LogP contribution in [0.4, 0.5) is 4.39 Å². The lowest BCUT2D eigenvalue weighted by Crippen LogP contribution is -2.40. The Balaban J connectivity index is 1.68. The number of rotatable bonds is 20. The van der Waals surface area contributed by atoms with E-state index < -0.39 is 5.83 Å². The summed E-state index contributed by atoms with van der Waals surface area (Å²) in [6.45, 7) is 17.4. The van der Waals surface area contributed by atoms with Crippen molar-refractivity contribution in [2.24, 2.45) is 5.41 Å². The van der Waals surface area contributed by atoms with Crippen molar-refractivity contribution in [1.82, 2.24) is 25.4 Å². The van der Waals surface area contributed by atoms with E-state index in [1.54, 1.807) is 16.7 Å². The van der Waals surface area contributed by atoms with E-state index in [9.17, 15) is 4.39 Å². The number of nitrogens with one attached hydrogen (secondary N) is 6. The smallest absolute Gasteiger partial charge is 0.203 e. The number of unbranched alkanes of at least 4 members (excludes halogenated alkanes) is 3. The summed E-state index contributed by atoms with van der Waals surface area (Å²) >= 11 is 0. The molecule has 0 saturated carbocycles. The van der Waals surface area contributed by atoms with E-state index in [0.717, 1.165) is 43.4 Å². The molecule has 290 valence electrons. The highest BCUT2D eigenvalue weighted by Gasteiger charge is 2.27. The molecule has 1 unspecified atom stereocenters. The molecular formula is C42H63FN8O2. The first-order chi connectivity index (χ1) is 25.2. The quantitative estimate of drug-likeness (QED) is 0.0203. The van der Waals surface area contributed by atoms with Crippen LogP contribution in [0.2, 0.25) is 0 Å². The molecule has 0 amide bonds. The number of hydrogen-bond acceptors (Lipinski definition) is 8. The largest absolute Gasteiger partial charge is 0.494 e. The fraction of sp³-hybridized carbons (Fsp3) is 0.500. The Bertz CT molecular complexity index is 1670. The van der Waals surface area contributed by atoms with E-state index in [-0.39, 0.29) is 29.1 Å². The molecule has 0 aliphatic heterocycles. The molecule has 6 N–H and O–H groups in total. The summed E-state index contributed by atoms with van der Waals surface area (Å²) in [5.74, 6) is 0.957. The van der Waals surface area contributed by atoms with E-state index in [0.29, 0.717) is 43.1 Å². The van der Waals surface area contributed by atoms with Gasteiger partial charge in [-0.3, -0.25) is 20.7 Å². The van der Waals surface area contributed by atoms with Gasteiger partial charge < -0.3 is 30.4 Å². The van der Waals surface area contributed by atoms with Crippen LogP contribution < -0.4 is 21.4 Å². The summed E-state index contributed by atoms with van der Waals surface area (Å²) in [7, 11) is 1.92. The Labute approximate surface area is 316 Å². The Morgan fingerprint density at radius 1 is 1.08 bits per heavy atom. The van der Waals surface area contributed by atoms with Gasteiger partial charge in [-0.25, -0.2) is 4.39 Å². The number of aromatic nitrogens is 1. The summed E-state index contributed by atoms with van der Waals surface area (Å²) < 4.78 is 27.1. The van der Waals surface area contributed by atoms with Gasteiger partial charge >= 0.3 is 0 Å². The van der Waals surface area contributed by atoms with Gasteiger partial charge in [-0.15, -0.1) is 0 Å². The van der Waals surface area contributed by atoms with Crippen LogP contribution in [-0.2, 0) is 16.1 Å². The van der Waals surface area contributed by atoms with Gasteiger partial charge in [-0.2, -0.15) is 0 Å². The zero-order valence-electron chi connectivity index (χ0n) is 32.9. The van der Waals surface area contributed by atoms with Crippen molar-refractivity contribution in [2.45, 2.75) is 105 Å². The van der Waals surface area contributed by atoms with Crippen molar-refractivity contribution in [3.8, 4) is 0 Å². The van der Waals surface area contributed by atoms with E-state index in [1.807, 2.05) is 77.0 Å². The average molecular weight is 731 g/mol.